The van der Waals surface area contributed by atoms with E-state index in [0.717, 1.165) is 0 Å². The molecule has 19 heavy (non-hydrogen) atoms. The summed E-state index contributed by atoms with van der Waals surface area (Å²) in [5.41, 5.74) is 6.59. The largest absolute Gasteiger partial charge is 0.320 e. The van der Waals surface area contributed by atoms with Crippen LogP contribution in [-0.4, -0.2) is 0 Å². The zero-order chi connectivity index (χ0) is 14.2. The maximum Gasteiger partial charge on any atom is 0.134 e. The molecule has 0 aromatic heterocycles. The molecule has 0 aliphatic heterocycles. The molecular weight excluding hydrogens is 291 g/mol. The van der Waals surface area contributed by atoms with Gasteiger partial charge in [0, 0.05) is 5.56 Å². The van der Waals surface area contributed by atoms with Crippen molar-refractivity contribution in [2.24, 2.45) is 5.73 Å². The molecule has 2 aromatic rings. The quantitative estimate of drug-likeness (QED) is 0.860. The van der Waals surface area contributed by atoms with Crippen LogP contribution in [0.4, 0.5) is 8.78 Å². The Morgan fingerprint density at radius 2 is 1.74 bits per heavy atom. The van der Waals surface area contributed by atoms with Crippen LogP contribution < -0.4 is 5.73 Å². The minimum absolute atomic E-state index is 0.168. The predicted molar refractivity (Wildman–Crippen MR) is 73.6 cm³/mol. The lowest BCUT2D eigenvalue weighted by molar-refractivity contribution is 0.538. The molecule has 0 saturated heterocycles. The lowest BCUT2D eigenvalue weighted by Gasteiger charge is -2.16. The Kier molecular flexibility index (Phi) is 4.09. The lowest BCUT2D eigenvalue weighted by atomic mass is 9.97. The minimum Gasteiger partial charge on any atom is -0.320 e. The predicted octanol–water partition coefficient (Wildman–Crippen LogP) is 4.63. The molecule has 0 heterocycles. The highest BCUT2D eigenvalue weighted by Gasteiger charge is 2.20. The summed E-state index contributed by atoms with van der Waals surface area (Å²) >= 11 is 11.7. The van der Waals surface area contributed by atoms with E-state index in [1.807, 2.05) is 0 Å². The first-order valence-electron chi connectivity index (χ1n) is 5.57. The van der Waals surface area contributed by atoms with E-state index in [1.165, 1.54) is 18.2 Å². The van der Waals surface area contributed by atoms with Crippen LogP contribution >= 0.6 is 23.2 Å². The van der Waals surface area contributed by atoms with Gasteiger partial charge in [0.15, 0.2) is 0 Å². The normalized spacial score (nSPS) is 12.5. The summed E-state index contributed by atoms with van der Waals surface area (Å²) in [6.45, 7) is 1.56. The number of halogens is 4. The topological polar surface area (TPSA) is 26.0 Å². The molecule has 1 nitrogen and oxygen atoms in total. The van der Waals surface area contributed by atoms with Crippen LogP contribution in [0.25, 0.3) is 0 Å². The van der Waals surface area contributed by atoms with E-state index < -0.39 is 17.7 Å². The van der Waals surface area contributed by atoms with E-state index in [-0.39, 0.29) is 5.56 Å². The Balaban J connectivity index is 2.52. The van der Waals surface area contributed by atoms with E-state index in [4.69, 9.17) is 28.9 Å². The molecule has 100 valence electrons. The van der Waals surface area contributed by atoms with Crippen molar-refractivity contribution in [3.8, 4) is 0 Å². The standard InChI is InChI=1S/C14H11Cl2F2N/c1-7-2-5-11(17)12(13(7)18)14(19)8-3-4-9(15)10(16)6-8/h2-6,14H,19H2,1H3. The first-order chi connectivity index (χ1) is 8.91. The third-order valence-electron chi connectivity index (χ3n) is 2.93. The molecule has 0 aliphatic rings. The maximum atomic E-state index is 14.0. The zero-order valence-electron chi connectivity index (χ0n) is 10.1. The average molecular weight is 302 g/mol. The molecule has 0 bridgehead atoms. The van der Waals surface area contributed by atoms with E-state index >= 15 is 0 Å². The number of hydrogen-bond donors (Lipinski definition) is 1. The Morgan fingerprint density at radius 3 is 2.37 bits per heavy atom. The van der Waals surface area contributed by atoms with Gasteiger partial charge in [-0.15, -0.1) is 0 Å². The van der Waals surface area contributed by atoms with Crippen LogP contribution in [0.3, 0.4) is 0 Å². The molecule has 2 N–H and O–H groups in total. The summed E-state index contributed by atoms with van der Waals surface area (Å²) in [6, 6.07) is 6.29. The van der Waals surface area contributed by atoms with Crippen molar-refractivity contribution in [2.75, 3.05) is 0 Å². The van der Waals surface area contributed by atoms with Gasteiger partial charge in [0.1, 0.15) is 11.6 Å². The molecule has 0 spiro atoms. The summed E-state index contributed by atoms with van der Waals surface area (Å²) < 4.78 is 27.8. The summed E-state index contributed by atoms with van der Waals surface area (Å²) in [5, 5.41) is 0.658. The molecule has 0 aliphatic carbocycles. The van der Waals surface area contributed by atoms with Gasteiger partial charge in [-0.25, -0.2) is 8.78 Å². The van der Waals surface area contributed by atoms with Gasteiger partial charge in [0.2, 0.25) is 0 Å². The van der Waals surface area contributed by atoms with Crippen molar-refractivity contribution < 1.29 is 8.78 Å². The van der Waals surface area contributed by atoms with Crippen LogP contribution in [0, 0.1) is 18.6 Å². The van der Waals surface area contributed by atoms with E-state index in [0.29, 0.717) is 21.2 Å². The van der Waals surface area contributed by atoms with Crippen LogP contribution in [0.2, 0.25) is 10.0 Å². The van der Waals surface area contributed by atoms with Crippen molar-refractivity contribution in [3.63, 3.8) is 0 Å². The second kappa shape index (κ2) is 5.45. The number of nitrogens with two attached hydrogens (primary N) is 1. The van der Waals surface area contributed by atoms with Crippen LogP contribution in [0.1, 0.15) is 22.7 Å². The van der Waals surface area contributed by atoms with Crippen molar-refractivity contribution in [3.05, 3.63) is 68.7 Å². The second-order valence-corrected chi connectivity index (χ2v) is 5.06. The minimum atomic E-state index is -0.935. The smallest absolute Gasteiger partial charge is 0.134 e. The van der Waals surface area contributed by atoms with Crippen LogP contribution in [0.5, 0.6) is 0 Å². The summed E-state index contributed by atoms with van der Waals surface area (Å²) in [7, 11) is 0. The molecule has 0 amide bonds. The van der Waals surface area contributed by atoms with Crippen molar-refractivity contribution in [1.82, 2.24) is 0 Å². The molecule has 1 atom stereocenters. The number of aryl methyl sites for hydroxylation is 1. The van der Waals surface area contributed by atoms with Gasteiger partial charge >= 0.3 is 0 Å². The molecule has 2 aromatic carbocycles. The SMILES string of the molecule is Cc1ccc(F)c(C(N)c2ccc(Cl)c(Cl)c2)c1F. The molecule has 0 fully saturated rings. The number of rotatable bonds is 2. The monoisotopic (exact) mass is 301 g/mol. The van der Waals surface area contributed by atoms with Gasteiger partial charge < -0.3 is 5.73 Å². The fourth-order valence-corrected chi connectivity index (χ4v) is 2.14. The summed E-state index contributed by atoms with van der Waals surface area (Å²) in [6.07, 6.45) is 0. The Bertz CT molecular complexity index is 629. The molecule has 5 heteroatoms. The molecular formula is C14H11Cl2F2N. The van der Waals surface area contributed by atoms with Gasteiger partial charge in [-0.3, -0.25) is 0 Å². The number of hydrogen-bond acceptors (Lipinski definition) is 1. The first kappa shape index (κ1) is 14.3. The fraction of sp³-hybridized carbons (Fsp3) is 0.143. The first-order valence-corrected chi connectivity index (χ1v) is 6.32. The second-order valence-electron chi connectivity index (χ2n) is 4.24. The van der Waals surface area contributed by atoms with Gasteiger partial charge in [-0.2, -0.15) is 0 Å². The third kappa shape index (κ3) is 2.73. The number of benzene rings is 2. The molecule has 0 saturated carbocycles. The lowest BCUT2D eigenvalue weighted by Crippen LogP contribution is -2.16. The Labute approximate surface area is 119 Å². The molecule has 0 radical (unpaired) electrons. The van der Waals surface area contributed by atoms with E-state index in [2.05, 4.69) is 0 Å². The van der Waals surface area contributed by atoms with Crippen molar-refractivity contribution in [1.29, 1.82) is 0 Å². The highest BCUT2D eigenvalue weighted by atomic mass is 35.5. The van der Waals surface area contributed by atoms with Crippen LogP contribution in [0.15, 0.2) is 30.3 Å². The van der Waals surface area contributed by atoms with Gasteiger partial charge in [0.25, 0.3) is 0 Å². The fourth-order valence-electron chi connectivity index (χ4n) is 1.84. The van der Waals surface area contributed by atoms with E-state index in [9.17, 15) is 8.78 Å². The highest BCUT2D eigenvalue weighted by Crippen LogP contribution is 2.30. The third-order valence-corrected chi connectivity index (χ3v) is 3.67. The van der Waals surface area contributed by atoms with Gasteiger partial charge in [0.05, 0.1) is 16.1 Å². The highest BCUT2D eigenvalue weighted by molar-refractivity contribution is 6.42. The Morgan fingerprint density at radius 1 is 1.05 bits per heavy atom. The maximum absolute atomic E-state index is 14.0. The van der Waals surface area contributed by atoms with Crippen molar-refractivity contribution in [2.45, 2.75) is 13.0 Å². The van der Waals surface area contributed by atoms with Crippen molar-refractivity contribution >= 4 is 23.2 Å². The average Bonchev–Trinajstić information content (AvgIpc) is 2.37. The summed E-state index contributed by atoms with van der Waals surface area (Å²) in [4.78, 5) is 0. The summed E-state index contributed by atoms with van der Waals surface area (Å²) in [5.74, 6) is -1.32. The Hall–Kier alpha value is -1.16. The zero-order valence-corrected chi connectivity index (χ0v) is 11.6. The van der Waals surface area contributed by atoms with Crippen LogP contribution in [-0.2, 0) is 0 Å². The van der Waals surface area contributed by atoms with Gasteiger partial charge in [-0.05, 0) is 36.2 Å². The molecule has 1 unspecified atom stereocenters. The molecule has 2 rings (SSSR count). The van der Waals surface area contributed by atoms with E-state index in [1.54, 1.807) is 19.1 Å². The van der Waals surface area contributed by atoms with Gasteiger partial charge in [-0.1, -0.05) is 35.3 Å².